The fourth-order valence-corrected chi connectivity index (χ4v) is 3.27. The molecule has 0 aromatic carbocycles. The van der Waals surface area contributed by atoms with Crippen LogP contribution in [-0.2, 0) is 6.54 Å². The van der Waals surface area contributed by atoms with Gasteiger partial charge in [0, 0.05) is 41.6 Å². The van der Waals surface area contributed by atoms with E-state index in [1.54, 1.807) is 17.8 Å². The second-order valence-electron chi connectivity index (χ2n) is 5.17. The first kappa shape index (κ1) is 14.0. The van der Waals surface area contributed by atoms with Crippen molar-refractivity contribution < 1.29 is 4.39 Å². The number of halogens is 1. The van der Waals surface area contributed by atoms with E-state index in [-0.39, 0.29) is 5.13 Å². The Morgan fingerprint density at radius 1 is 1.13 bits per heavy atom. The summed E-state index contributed by atoms with van der Waals surface area (Å²) in [4.78, 5) is 4.07. The van der Waals surface area contributed by atoms with Crippen LogP contribution in [-0.4, -0.2) is 14.6 Å². The molecule has 0 saturated carbocycles. The molecule has 0 amide bonds. The SMILES string of the molecule is NCc1ccc2c(-c3ccncc3)c(-c3csc(F)c3)nn2c1. The van der Waals surface area contributed by atoms with E-state index in [4.69, 9.17) is 5.73 Å². The van der Waals surface area contributed by atoms with Crippen LogP contribution in [0.3, 0.4) is 0 Å². The van der Waals surface area contributed by atoms with Gasteiger partial charge in [-0.1, -0.05) is 6.07 Å². The molecule has 0 aliphatic carbocycles. The van der Waals surface area contributed by atoms with E-state index in [9.17, 15) is 4.39 Å². The summed E-state index contributed by atoms with van der Waals surface area (Å²) < 4.78 is 15.3. The fraction of sp³-hybridized carbons (Fsp3) is 0.0588. The van der Waals surface area contributed by atoms with Gasteiger partial charge in [-0.05, 0) is 35.4 Å². The maximum Gasteiger partial charge on any atom is 0.177 e. The first-order valence-electron chi connectivity index (χ1n) is 7.12. The Hall–Kier alpha value is -2.57. The van der Waals surface area contributed by atoms with Gasteiger partial charge >= 0.3 is 0 Å². The van der Waals surface area contributed by atoms with E-state index in [1.165, 1.54) is 6.07 Å². The maximum atomic E-state index is 13.5. The third kappa shape index (κ3) is 2.42. The van der Waals surface area contributed by atoms with Gasteiger partial charge < -0.3 is 5.73 Å². The number of thiophene rings is 1. The Balaban J connectivity index is 2.04. The van der Waals surface area contributed by atoms with E-state index in [0.717, 1.165) is 44.8 Å². The molecular weight excluding hydrogens is 311 g/mol. The van der Waals surface area contributed by atoms with Crippen LogP contribution in [0.1, 0.15) is 5.56 Å². The third-order valence-corrected chi connectivity index (χ3v) is 4.45. The lowest BCUT2D eigenvalue weighted by Crippen LogP contribution is -1.98. The molecule has 0 fully saturated rings. The Morgan fingerprint density at radius 3 is 2.65 bits per heavy atom. The summed E-state index contributed by atoms with van der Waals surface area (Å²) in [5.74, 6) is 0. The molecule has 0 atom stereocenters. The second kappa shape index (κ2) is 5.57. The zero-order valence-corrected chi connectivity index (χ0v) is 12.9. The van der Waals surface area contributed by atoms with Crippen LogP contribution in [0.4, 0.5) is 4.39 Å². The molecule has 114 valence electrons. The van der Waals surface area contributed by atoms with Gasteiger partial charge in [0.25, 0.3) is 0 Å². The first-order chi connectivity index (χ1) is 11.3. The molecule has 0 spiro atoms. The minimum absolute atomic E-state index is 0.222. The molecule has 6 heteroatoms. The van der Waals surface area contributed by atoms with Gasteiger partial charge in [-0.3, -0.25) is 4.98 Å². The van der Waals surface area contributed by atoms with Crippen LogP contribution in [0, 0.1) is 5.13 Å². The van der Waals surface area contributed by atoms with Gasteiger partial charge in [0.2, 0.25) is 0 Å². The number of nitrogens with zero attached hydrogens (tertiary/aromatic N) is 3. The average Bonchev–Trinajstić information content (AvgIpc) is 3.18. The van der Waals surface area contributed by atoms with Crippen molar-refractivity contribution in [3.05, 3.63) is 65.0 Å². The van der Waals surface area contributed by atoms with Gasteiger partial charge in [-0.25, -0.2) is 4.52 Å². The molecule has 0 aliphatic rings. The maximum absolute atomic E-state index is 13.5. The van der Waals surface area contributed by atoms with E-state index >= 15 is 0 Å². The van der Waals surface area contributed by atoms with Crippen molar-refractivity contribution in [3.63, 3.8) is 0 Å². The topological polar surface area (TPSA) is 56.2 Å². The largest absolute Gasteiger partial charge is 0.326 e. The predicted molar refractivity (Wildman–Crippen MR) is 89.6 cm³/mol. The quantitative estimate of drug-likeness (QED) is 0.625. The van der Waals surface area contributed by atoms with E-state index in [0.29, 0.717) is 6.54 Å². The van der Waals surface area contributed by atoms with Crippen molar-refractivity contribution in [1.82, 2.24) is 14.6 Å². The van der Waals surface area contributed by atoms with Gasteiger partial charge in [0.05, 0.1) is 5.52 Å². The summed E-state index contributed by atoms with van der Waals surface area (Å²) >= 11 is 1.07. The van der Waals surface area contributed by atoms with Crippen LogP contribution in [0.5, 0.6) is 0 Å². The monoisotopic (exact) mass is 324 g/mol. The van der Waals surface area contributed by atoms with Crippen LogP contribution >= 0.6 is 11.3 Å². The Labute approximate surface area is 136 Å². The van der Waals surface area contributed by atoms with Gasteiger partial charge in [0.1, 0.15) is 5.69 Å². The highest BCUT2D eigenvalue weighted by molar-refractivity contribution is 7.08. The average molecular weight is 324 g/mol. The van der Waals surface area contributed by atoms with Crippen LogP contribution < -0.4 is 5.73 Å². The summed E-state index contributed by atoms with van der Waals surface area (Å²) in [6, 6.07) is 9.36. The zero-order valence-electron chi connectivity index (χ0n) is 12.1. The van der Waals surface area contributed by atoms with Crippen molar-refractivity contribution >= 4 is 16.9 Å². The van der Waals surface area contributed by atoms with Gasteiger partial charge in [-0.2, -0.15) is 9.49 Å². The molecule has 0 unspecified atom stereocenters. The second-order valence-corrected chi connectivity index (χ2v) is 6.03. The summed E-state index contributed by atoms with van der Waals surface area (Å²) in [6.07, 6.45) is 5.39. The minimum Gasteiger partial charge on any atom is -0.326 e. The molecule has 2 N–H and O–H groups in total. The molecule has 4 heterocycles. The van der Waals surface area contributed by atoms with Crippen molar-refractivity contribution in [1.29, 1.82) is 0 Å². The number of fused-ring (bicyclic) bond motifs is 1. The lowest BCUT2D eigenvalue weighted by molar-refractivity contribution is 0.657. The Morgan fingerprint density at radius 2 is 1.96 bits per heavy atom. The number of rotatable bonds is 3. The zero-order chi connectivity index (χ0) is 15.8. The number of aromatic nitrogens is 3. The summed E-state index contributed by atoms with van der Waals surface area (Å²) in [5.41, 5.74) is 11.2. The van der Waals surface area contributed by atoms with Crippen molar-refractivity contribution in [2.24, 2.45) is 5.73 Å². The molecule has 0 radical (unpaired) electrons. The van der Waals surface area contributed by atoms with Crippen LogP contribution in [0.25, 0.3) is 27.9 Å². The van der Waals surface area contributed by atoms with E-state index in [1.807, 2.05) is 35.0 Å². The molecule has 0 aliphatic heterocycles. The lowest BCUT2D eigenvalue weighted by atomic mass is 10.0. The van der Waals surface area contributed by atoms with Crippen molar-refractivity contribution in [2.45, 2.75) is 6.54 Å². The number of nitrogens with two attached hydrogens (primary N) is 1. The van der Waals surface area contributed by atoms with E-state index in [2.05, 4.69) is 10.1 Å². The number of hydrogen-bond acceptors (Lipinski definition) is 4. The minimum atomic E-state index is -0.222. The normalized spacial score (nSPS) is 11.2. The van der Waals surface area contributed by atoms with Gasteiger partial charge in [-0.15, -0.1) is 11.3 Å². The standard InChI is InChI=1S/C17H13FN4S/c18-15-7-13(10-23-15)17-16(12-3-5-20-6-4-12)14-2-1-11(8-19)9-22(14)21-17/h1-7,9-10H,8,19H2. The highest BCUT2D eigenvalue weighted by Gasteiger charge is 2.17. The molecular formula is C17H13FN4S. The first-order valence-corrected chi connectivity index (χ1v) is 8.00. The molecule has 4 aromatic rings. The smallest absolute Gasteiger partial charge is 0.177 e. The summed E-state index contributed by atoms with van der Waals surface area (Å²) in [5, 5.41) is 6.22. The number of hydrogen-bond donors (Lipinski definition) is 1. The summed E-state index contributed by atoms with van der Waals surface area (Å²) in [7, 11) is 0. The molecule has 4 rings (SSSR count). The predicted octanol–water partition coefficient (Wildman–Crippen LogP) is 3.72. The third-order valence-electron chi connectivity index (χ3n) is 3.74. The molecule has 0 saturated heterocycles. The van der Waals surface area contributed by atoms with Gasteiger partial charge in [0.15, 0.2) is 5.13 Å². The fourth-order valence-electron chi connectivity index (χ4n) is 2.65. The Bertz CT molecular complexity index is 975. The highest BCUT2D eigenvalue weighted by atomic mass is 32.1. The van der Waals surface area contributed by atoms with Crippen LogP contribution in [0.2, 0.25) is 0 Å². The molecule has 0 bridgehead atoms. The molecule has 4 aromatic heterocycles. The lowest BCUT2D eigenvalue weighted by Gasteiger charge is -2.02. The molecule has 23 heavy (non-hydrogen) atoms. The van der Waals surface area contributed by atoms with Crippen molar-refractivity contribution in [2.75, 3.05) is 0 Å². The highest BCUT2D eigenvalue weighted by Crippen LogP contribution is 2.36. The van der Waals surface area contributed by atoms with E-state index < -0.39 is 0 Å². The molecule has 4 nitrogen and oxygen atoms in total. The van der Waals surface area contributed by atoms with Crippen LogP contribution in [0.15, 0.2) is 54.3 Å². The van der Waals surface area contributed by atoms with Crippen molar-refractivity contribution in [3.8, 4) is 22.4 Å². The summed E-state index contributed by atoms with van der Waals surface area (Å²) in [6.45, 7) is 0.447. The Kier molecular flexibility index (Phi) is 3.40. The number of pyridine rings is 2.